The number of carbonyl (C=O) groups excluding carboxylic acids is 1. The Morgan fingerprint density at radius 3 is 2.25 bits per heavy atom. The average molecular weight is 221 g/mol. The largest absolute Gasteiger partial charge is 0.478 e. The molecule has 4 heteroatoms. The molecule has 0 amide bonds. The summed E-state index contributed by atoms with van der Waals surface area (Å²) in [4.78, 5) is 20.6. The van der Waals surface area contributed by atoms with E-state index in [1.807, 2.05) is 0 Å². The first-order valence-corrected chi connectivity index (χ1v) is 5.21. The highest BCUT2D eigenvalue weighted by atomic mass is 16.4. The fourth-order valence-corrected chi connectivity index (χ4v) is 1.31. The topological polar surface area (TPSA) is 66.4 Å². The summed E-state index contributed by atoms with van der Waals surface area (Å²) in [5, 5.41) is 11.4. The van der Waals surface area contributed by atoms with Gasteiger partial charge in [-0.3, -0.25) is 4.79 Å². The monoisotopic (exact) mass is 221 g/mol. The van der Waals surface area contributed by atoms with Crippen LogP contribution in [-0.4, -0.2) is 29.9 Å². The normalized spacial score (nSPS) is 14.9. The zero-order valence-electron chi connectivity index (χ0n) is 8.98. The van der Waals surface area contributed by atoms with Crippen LogP contribution in [0.25, 0.3) is 0 Å². The van der Waals surface area contributed by atoms with Gasteiger partial charge < -0.3 is 10.4 Å². The molecule has 4 nitrogen and oxygen atoms in total. The number of carbonyl (C=O) groups is 2. The third-order valence-corrected chi connectivity index (χ3v) is 2.15. The highest BCUT2D eigenvalue weighted by molar-refractivity contribution is 5.87. The molecule has 1 aliphatic rings. The Hall–Kier alpha value is -1.68. The van der Waals surface area contributed by atoms with E-state index in [0.717, 1.165) is 19.4 Å². The lowest BCUT2D eigenvalue weighted by molar-refractivity contribution is -0.119. The maximum Gasteiger partial charge on any atom is 0.335 e. The second-order valence-electron chi connectivity index (χ2n) is 3.49. The van der Waals surface area contributed by atoms with Crippen LogP contribution < -0.4 is 5.32 Å². The van der Waals surface area contributed by atoms with Crippen LogP contribution in [0.3, 0.4) is 0 Å². The van der Waals surface area contributed by atoms with Gasteiger partial charge in [0.25, 0.3) is 0 Å². The maximum atomic E-state index is 10.4. The van der Waals surface area contributed by atoms with Crippen molar-refractivity contribution in [1.29, 1.82) is 0 Å². The molecule has 0 saturated carbocycles. The molecule has 1 aromatic rings. The van der Waals surface area contributed by atoms with Gasteiger partial charge in [0.2, 0.25) is 0 Å². The number of piperidine rings is 1. The van der Waals surface area contributed by atoms with Crippen LogP contribution in [0.5, 0.6) is 0 Å². The molecule has 0 atom stereocenters. The van der Waals surface area contributed by atoms with Gasteiger partial charge in [0, 0.05) is 6.42 Å². The Labute approximate surface area is 94.3 Å². The fraction of sp³-hybridized carbons (Fsp3) is 0.333. The minimum atomic E-state index is -0.879. The van der Waals surface area contributed by atoms with Crippen LogP contribution in [0.4, 0.5) is 0 Å². The minimum absolute atomic E-state index is 0.331. The lowest BCUT2D eigenvalue weighted by Crippen LogP contribution is -2.29. The fourth-order valence-electron chi connectivity index (χ4n) is 1.31. The van der Waals surface area contributed by atoms with Gasteiger partial charge in [-0.1, -0.05) is 18.2 Å². The molecule has 2 N–H and O–H groups in total. The van der Waals surface area contributed by atoms with Crippen molar-refractivity contribution in [2.24, 2.45) is 0 Å². The Bertz CT molecular complexity index is 341. The Morgan fingerprint density at radius 2 is 1.94 bits per heavy atom. The molecule has 1 heterocycles. The molecular weight excluding hydrogens is 206 g/mol. The van der Waals surface area contributed by atoms with E-state index in [-0.39, 0.29) is 0 Å². The van der Waals surface area contributed by atoms with Gasteiger partial charge in [-0.05, 0) is 25.1 Å². The predicted molar refractivity (Wildman–Crippen MR) is 60.5 cm³/mol. The highest BCUT2D eigenvalue weighted by Gasteiger charge is 2.04. The number of carboxylic acid groups (broad SMARTS) is 1. The number of aromatic carboxylic acids is 1. The van der Waals surface area contributed by atoms with E-state index in [0.29, 0.717) is 17.9 Å². The van der Waals surface area contributed by atoms with Crippen molar-refractivity contribution in [3.63, 3.8) is 0 Å². The summed E-state index contributed by atoms with van der Waals surface area (Å²) < 4.78 is 0. The highest BCUT2D eigenvalue weighted by Crippen LogP contribution is 1.96. The molecule has 1 fully saturated rings. The molecule has 16 heavy (non-hydrogen) atoms. The average Bonchev–Trinajstić information content (AvgIpc) is 2.32. The molecule has 0 bridgehead atoms. The lowest BCUT2D eigenvalue weighted by atomic mass is 10.1. The number of hydrogen-bond donors (Lipinski definition) is 2. The molecule has 1 aliphatic heterocycles. The molecule has 1 aromatic carbocycles. The van der Waals surface area contributed by atoms with E-state index in [1.54, 1.807) is 30.3 Å². The first-order chi connectivity index (χ1) is 7.70. The number of ketones is 1. The van der Waals surface area contributed by atoms with Gasteiger partial charge >= 0.3 is 5.97 Å². The molecule has 2 rings (SSSR count). The number of Topliss-reactive ketones (excluding diaryl/α,β-unsaturated/α-hetero) is 1. The zero-order valence-corrected chi connectivity index (χ0v) is 8.98. The summed E-state index contributed by atoms with van der Waals surface area (Å²) >= 11 is 0. The molecule has 0 aromatic heterocycles. The second kappa shape index (κ2) is 6.74. The summed E-state index contributed by atoms with van der Waals surface area (Å²) in [5.74, 6) is -0.526. The number of benzene rings is 1. The molecule has 1 saturated heterocycles. The number of carboxylic acids is 1. The number of hydrogen-bond acceptors (Lipinski definition) is 3. The van der Waals surface area contributed by atoms with Crippen LogP contribution in [0.2, 0.25) is 0 Å². The Kier molecular flexibility index (Phi) is 5.22. The van der Waals surface area contributed by atoms with Crippen molar-refractivity contribution in [3.05, 3.63) is 35.9 Å². The Morgan fingerprint density at radius 1 is 1.25 bits per heavy atom. The predicted octanol–water partition coefficient (Wildman–Crippen LogP) is 1.32. The lowest BCUT2D eigenvalue weighted by Gasteiger charge is -2.08. The van der Waals surface area contributed by atoms with Gasteiger partial charge in [-0.15, -0.1) is 0 Å². The summed E-state index contributed by atoms with van der Waals surface area (Å²) in [7, 11) is 0. The summed E-state index contributed by atoms with van der Waals surface area (Å²) in [6, 6.07) is 8.30. The van der Waals surface area contributed by atoms with Crippen LogP contribution in [0.15, 0.2) is 30.3 Å². The first-order valence-electron chi connectivity index (χ1n) is 5.21. The van der Waals surface area contributed by atoms with Gasteiger partial charge in [0.05, 0.1) is 12.1 Å². The van der Waals surface area contributed by atoms with Crippen molar-refractivity contribution < 1.29 is 14.7 Å². The van der Waals surface area contributed by atoms with Crippen molar-refractivity contribution in [2.45, 2.75) is 12.8 Å². The van der Waals surface area contributed by atoms with Crippen molar-refractivity contribution in [2.75, 3.05) is 13.1 Å². The Balaban J connectivity index is 0.000000165. The maximum absolute atomic E-state index is 10.4. The molecule has 0 aliphatic carbocycles. The standard InChI is InChI=1S/C7H6O2.C5H9NO/c8-7(9)6-4-2-1-3-5-6;7-5-2-1-3-6-4-5/h1-5H,(H,8,9);6H,1-4H2. The van der Waals surface area contributed by atoms with E-state index in [4.69, 9.17) is 5.11 Å². The van der Waals surface area contributed by atoms with Crippen LogP contribution in [0.1, 0.15) is 23.2 Å². The summed E-state index contributed by atoms with van der Waals surface area (Å²) in [6.07, 6.45) is 1.81. The van der Waals surface area contributed by atoms with E-state index < -0.39 is 5.97 Å². The van der Waals surface area contributed by atoms with E-state index in [1.165, 1.54) is 0 Å². The van der Waals surface area contributed by atoms with Gasteiger partial charge in [0.15, 0.2) is 0 Å². The van der Waals surface area contributed by atoms with Gasteiger partial charge in [-0.25, -0.2) is 4.79 Å². The first kappa shape index (κ1) is 12.4. The molecule has 0 unspecified atom stereocenters. The van der Waals surface area contributed by atoms with Crippen molar-refractivity contribution in [1.82, 2.24) is 5.32 Å². The van der Waals surface area contributed by atoms with Crippen LogP contribution in [-0.2, 0) is 4.79 Å². The third kappa shape index (κ3) is 4.70. The molecule has 86 valence electrons. The summed E-state index contributed by atoms with van der Waals surface area (Å²) in [5.41, 5.74) is 0.331. The quantitative estimate of drug-likeness (QED) is 0.750. The van der Waals surface area contributed by atoms with Crippen molar-refractivity contribution in [3.8, 4) is 0 Å². The van der Waals surface area contributed by atoms with Crippen molar-refractivity contribution >= 4 is 11.8 Å². The SMILES string of the molecule is O=C(O)c1ccccc1.O=C1CCCNC1. The summed E-state index contributed by atoms with van der Waals surface area (Å²) in [6.45, 7) is 1.62. The zero-order chi connectivity index (χ0) is 11.8. The second-order valence-corrected chi connectivity index (χ2v) is 3.49. The molecule has 0 spiro atoms. The van der Waals surface area contributed by atoms with E-state index >= 15 is 0 Å². The van der Waals surface area contributed by atoms with Crippen LogP contribution >= 0.6 is 0 Å². The number of nitrogens with one attached hydrogen (secondary N) is 1. The number of rotatable bonds is 1. The molecular formula is C12H15NO3. The van der Waals surface area contributed by atoms with Gasteiger partial charge in [0.1, 0.15) is 5.78 Å². The smallest absolute Gasteiger partial charge is 0.335 e. The minimum Gasteiger partial charge on any atom is -0.478 e. The van der Waals surface area contributed by atoms with E-state index in [2.05, 4.69) is 5.32 Å². The van der Waals surface area contributed by atoms with Gasteiger partial charge in [-0.2, -0.15) is 0 Å². The third-order valence-electron chi connectivity index (χ3n) is 2.15. The van der Waals surface area contributed by atoms with E-state index in [9.17, 15) is 9.59 Å². The molecule has 0 radical (unpaired) electrons. The van der Waals surface area contributed by atoms with Crippen LogP contribution in [0, 0.1) is 0 Å².